The number of hydrogen-bond donors (Lipinski definition) is 2. The summed E-state index contributed by atoms with van der Waals surface area (Å²) in [6.45, 7) is 3.72. The first-order valence-corrected chi connectivity index (χ1v) is 5.01. The first-order valence-electron chi connectivity index (χ1n) is 5.01. The van der Waals surface area contributed by atoms with Gasteiger partial charge >= 0.3 is 0 Å². The summed E-state index contributed by atoms with van der Waals surface area (Å²) < 4.78 is 0. The minimum absolute atomic E-state index is 0.0735. The van der Waals surface area contributed by atoms with Gasteiger partial charge in [0.2, 0.25) is 5.91 Å². The Balaban J connectivity index is 1.86. The van der Waals surface area contributed by atoms with Gasteiger partial charge in [0.25, 0.3) is 0 Å². The third kappa shape index (κ3) is 1.10. The van der Waals surface area contributed by atoms with Crippen molar-refractivity contribution in [3.8, 4) is 0 Å². The summed E-state index contributed by atoms with van der Waals surface area (Å²) in [7, 11) is 0. The number of rotatable bonds is 3. The summed E-state index contributed by atoms with van der Waals surface area (Å²) in [4.78, 5) is 11.1. The zero-order chi connectivity index (χ0) is 9.69. The van der Waals surface area contributed by atoms with Gasteiger partial charge in [-0.3, -0.25) is 4.79 Å². The number of amides is 1. The molecule has 1 unspecified atom stereocenters. The molecular formula is C10H17NO2. The molecule has 1 atom stereocenters. The monoisotopic (exact) mass is 183 g/mol. The Labute approximate surface area is 78.5 Å². The van der Waals surface area contributed by atoms with Gasteiger partial charge in [-0.15, -0.1) is 0 Å². The van der Waals surface area contributed by atoms with Crippen molar-refractivity contribution < 1.29 is 9.90 Å². The van der Waals surface area contributed by atoms with Crippen molar-refractivity contribution in [2.24, 2.45) is 5.41 Å². The predicted molar refractivity (Wildman–Crippen MR) is 49.1 cm³/mol. The van der Waals surface area contributed by atoms with E-state index in [1.165, 1.54) is 0 Å². The highest BCUT2D eigenvalue weighted by atomic mass is 16.3. The molecular weight excluding hydrogens is 166 g/mol. The van der Waals surface area contributed by atoms with E-state index in [2.05, 4.69) is 5.32 Å². The van der Waals surface area contributed by atoms with Crippen molar-refractivity contribution in [2.45, 2.75) is 51.2 Å². The Morgan fingerprint density at radius 2 is 2.08 bits per heavy atom. The van der Waals surface area contributed by atoms with E-state index in [1.54, 1.807) is 0 Å². The van der Waals surface area contributed by atoms with E-state index in [-0.39, 0.29) is 23.0 Å². The van der Waals surface area contributed by atoms with Crippen LogP contribution in [0.25, 0.3) is 0 Å². The molecule has 3 rings (SSSR count). The second-order valence-corrected chi connectivity index (χ2v) is 4.75. The van der Waals surface area contributed by atoms with E-state index in [4.69, 9.17) is 0 Å². The molecule has 0 spiro atoms. The quantitative estimate of drug-likeness (QED) is 0.680. The van der Waals surface area contributed by atoms with Crippen molar-refractivity contribution in [3.05, 3.63) is 0 Å². The Morgan fingerprint density at radius 3 is 2.46 bits per heavy atom. The highest BCUT2D eigenvalue weighted by Crippen LogP contribution is 2.68. The molecule has 3 nitrogen and oxygen atoms in total. The lowest BCUT2D eigenvalue weighted by molar-refractivity contribution is -0.210. The highest BCUT2D eigenvalue weighted by molar-refractivity contribution is 5.77. The lowest BCUT2D eigenvalue weighted by Crippen LogP contribution is -2.77. The van der Waals surface area contributed by atoms with Crippen LogP contribution in [-0.4, -0.2) is 22.7 Å². The van der Waals surface area contributed by atoms with Gasteiger partial charge < -0.3 is 10.4 Å². The summed E-state index contributed by atoms with van der Waals surface area (Å²) in [6.07, 6.45) is 3.27. The molecule has 3 aliphatic carbocycles. The van der Waals surface area contributed by atoms with Crippen molar-refractivity contribution >= 4 is 5.91 Å². The Morgan fingerprint density at radius 1 is 1.54 bits per heavy atom. The summed E-state index contributed by atoms with van der Waals surface area (Å²) >= 11 is 0. The normalized spacial score (nSPS) is 43.0. The van der Waals surface area contributed by atoms with Gasteiger partial charge in [-0.25, -0.2) is 0 Å². The lowest BCUT2D eigenvalue weighted by Gasteiger charge is -2.71. The maximum atomic E-state index is 11.1. The number of hydrogen-bond acceptors (Lipinski definition) is 2. The van der Waals surface area contributed by atoms with Crippen LogP contribution in [0.1, 0.15) is 39.5 Å². The van der Waals surface area contributed by atoms with Gasteiger partial charge in [-0.1, -0.05) is 6.92 Å². The second-order valence-electron chi connectivity index (χ2n) is 4.75. The molecule has 0 aromatic heterocycles. The van der Waals surface area contributed by atoms with Crippen LogP contribution in [0.4, 0.5) is 0 Å². The van der Waals surface area contributed by atoms with Crippen molar-refractivity contribution in [3.63, 3.8) is 0 Å². The molecule has 0 aromatic carbocycles. The van der Waals surface area contributed by atoms with Crippen LogP contribution in [0, 0.1) is 5.41 Å². The maximum absolute atomic E-state index is 11.1. The van der Waals surface area contributed by atoms with Crippen LogP contribution < -0.4 is 5.32 Å². The van der Waals surface area contributed by atoms with Gasteiger partial charge in [0.15, 0.2) is 0 Å². The number of aliphatic hydroxyl groups is 1. The first-order chi connectivity index (χ1) is 6.02. The SMILES string of the molecule is CCC(=O)NC12CC(C(C)O)(C1)C2. The largest absolute Gasteiger partial charge is 0.393 e. The van der Waals surface area contributed by atoms with Gasteiger partial charge in [-0.05, 0) is 26.2 Å². The van der Waals surface area contributed by atoms with Crippen molar-refractivity contribution in [1.82, 2.24) is 5.32 Å². The first kappa shape index (κ1) is 9.00. The van der Waals surface area contributed by atoms with E-state index in [0.29, 0.717) is 6.42 Å². The van der Waals surface area contributed by atoms with Crippen molar-refractivity contribution in [1.29, 1.82) is 0 Å². The molecule has 74 valence electrons. The zero-order valence-electron chi connectivity index (χ0n) is 8.26. The van der Waals surface area contributed by atoms with Crippen LogP contribution in [0.15, 0.2) is 0 Å². The lowest BCUT2D eigenvalue weighted by atomic mass is 9.37. The number of aliphatic hydroxyl groups excluding tert-OH is 1. The minimum Gasteiger partial charge on any atom is -0.393 e. The fourth-order valence-electron chi connectivity index (χ4n) is 2.83. The molecule has 0 heterocycles. The van der Waals surface area contributed by atoms with Crippen molar-refractivity contribution in [2.75, 3.05) is 0 Å². The topological polar surface area (TPSA) is 49.3 Å². The molecule has 0 aromatic rings. The van der Waals surface area contributed by atoms with E-state index in [1.807, 2.05) is 13.8 Å². The maximum Gasteiger partial charge on any atom is 0.220 e. The predicted octanol–water partition coefficient (Wildman–Crippen LogP) is 0.816. The summed E-state index contributed by atoms with van der Waals surface area (Å²) in [5.41, 5.74) is 0.227. The zero-order valence-corrected chi connectivity index (χ0v) is 8.26. The highest BCUT2D eigenvalue weighted by Gasteiger charge is 2.70. The number of nitrogens with one attached hydrogen (secondary N) is 1. The van der Waals surface area contributed by atoms with E-state index in [9.17, 15) is 9.90 Å². The van der Waals surface area contributed by atoms with Crippen LogP contribution in [0.3, 0.4) is 0 Å². The number of carbonyl (C=O) groups is 1. The smallest absolute Gasteiger partial charge is 0.220 e. The van der Waals surface area contributed by atoms with Crippen LogP contribution in [0.2, 0.25) is 0 Å². The molecule has 13 heavy (non-hydrogen) atoms. The average molecular weight is 183 g/mol. The fourth-order valence-corrected chi connectivity index (χ4v) is 2.83. The van der Waals surface area contributed by atoms with Crippen LogP contribution >= 0.6 is 0 Å². The third-order valence-electron chi connectivity index (χ3n) is 3.68. The van der Waals surface area contributed by atoms with Crippen LogP contribution in [-0.2, 0) is 4.79 Å². The molecule has 1 amide bonds. The Hall–Kier alpha value is -0.570. The molecule has 3 aliphatic rings. The third-order valence-corrected chi connectivity index (χ3v) is 3.68. The molecule has 3 heteroatoms. The minimum atomic E-state index is -0.215. The van der Waals surface area contributed by atoms with Gasteiger partial charge in [-0.2, -0.15) is 0 Å². The van der Waals surface area contributed by atoms with E-state index < -0.39 is 0 Å². The molecule has 0 aliphatic heterocycles. The molecule has 3 fully saturated rings. The number of carbonyl (C=O) groups excluding carboxylic acids is 1. The standard InChI is InChI=1S/C10H17NO2/c1-3-8(13)11-10-4-9(5-10,6-10)7(2)12/h7,12H,3-6H2,1-2H3,(H,11,13). The molecule has 0 radical (unpaired) electrons. The summed E-state index contributed by atoms with van der Waals surface area (Å²) in [6, 6.07) is 0. The molecule has 3 saturated carbocycles. The Bertz CT molecular complexity index is 228. The van der Waals surface area contributed by atoms with Gasteiger partial charge in [0, 0.05) is 17.4 Å². The molecule has 2 N–H and O–H groups in total. The van der Waals surface area contributed by atoms with Crippen LogP contribution in [0.5, 0.6) is 0 Å². The molecule has 2 bridgehead atoms. The van der Waals surface area contributed by atoms with E-state index >= 15 is 0 Å². The molecule has 0 saturated heterocycles. The average Bonchev–Trinajstić information content (AvgIpc) is 1.92. The second kappa shape index (κ2) is 2.47. The fraction of sp³-hybridized carbons (Fsp3) is 0.900. The van der Waals surface area contributed by atoms with Gasteiger partial charge in [0.05, 0.1) is 6.10 Å². The van der Waals surface area contributed by atoms with Gasteiger partial charge in [0.1, 0.15) is 0 Å². The summed E-state index contributed by atoms with van der Waals surface area (Å²) in [5, 5.41) is 12.5. The van der Waals surface area contributed by atoms with E-state index in [0.717, 1.165) is 19.3 Å². The summed E-state index contributed by atoms with van der Waals surface area (Å²) in [5.74, 6) is 0.138. The Kier molecular flexibility index (Phi) is 1.71.